The van der Waals surface area contributed by atoms with Crippen LogP contribution in [-0.4, -0.2) is 24.7 Å². The van der Waals surface area contributed by atoms with Crippen molar-refractivity contribution in [3.05, 3.63) is 40.5 Å². The van der Waals surface area contributed by atoms with E-state index < -0.39 is 5.97 Å². The predicted octanol–water partition coefficient (Wildman–Crippen LogP) is 2.35. The van der Waals surface area contributed by atoms with Crippen LogP contribution in [-0.2, 0) is 11.3 Å². The van der Waals surface area contributed by atoms with E-state index in [0.29, 0.717) is 13.1 Å². The molecule has 0 aliphatic rings. The van der Waals surface area contributed by atoms with E-state index in [4.69, 9.17) is 9.84 Å². The normalized spacial score (nSPS) is 10.9. The van der Waals surface area contributed by atoms with Gasteiger partial charge in [0.05, 0.1) is 7.11 Å². The van der Waals surface area contributed by atoms with Gasteiger partial charge in [-0.05, 0) is 43.0 Å². The van der Waals surface area contributed by atoms with Gasteiger partial charge in [0.2, 0.25) is 0 Å². The molecule has 0 spiro atoms. The van der Waals surface area contributed by atoms with Gasteiger partial charge in [-0.15, -0.1) is 0 Å². The first-order chi connectivity index (χ1) is 8.97. The number of carbonyl (C=O) groups is 1. The summed E-state index contributed by atoms with van der Waals surface area (Å²) in [5.41, 5.74) is 4.68. The molecule has 0 fully saturated rings. The van der Waals surface area contributed by atoms with Gasteiger partial charge in [-0.3, -0.25) is 0 Å². The van der Waals surface area contributed by atoms with Crippen LogP contribution < -0.4 is 10.1 Å². The first-order valence-corrected chi connectivity index (χ1v) is 6.21. The van der Waals surface area contributed by atoms with E-state index in [9.17, 15) is 4.79 Å². The lowest BCUT2D eigenvalue weighted by atomic mass is 9.98. The van der Waals surface area contributed by atoms with Crippen molar-refractivity contribution >= 4 is 5.97 Å². The minimum absolute atomic E-state index is 0.538. The van der Waals surface area contributed by atoms with Crippen molar-refractivity contribution in [3.63, 3.8) is 0 Å². The van der Waals surface area contributed by atoms with Crippen molar-refractivity contribution in [2.75, 3.05) is 13.7 Å². The lowest BCUT2D eigenvalue weighted by Crippen LogP contribution is -2.15. The Bertz CT molecular complexity index is 493. The summed E-state index contributed by atoms with van der Waals surface area (Å²) in [6.45, 7) is 7.40. The van der Waals surface area contributed by atoms with Crippen LogP contribution >= 0.6 is 0 Å². The summed E-state index contributed by atoms with van der Waals surface area (Å²) in [6, 6.07) is 2.11. The second-order valence-corrected chi connectivity index (χ2v) is 4.51. The van der Waals surface area contributed by atoms with Crippen molar-refractivity contribution in [2.45, 2.75) is 27.3 Å². The first kappa shape index (κ1) is 15.2. The maximum absolute atomic E-state index is 10.3. The molecular formula is C15H21NO3. The van der Waals surface area contributed by atoms with Gasteiger partial charge in [0.25, 0.3) is 0 Å². The summed E-state index contributed by atoms with van der Waals surface area (Å²) in [7, 11) is 1.68. The fourth-order valence-corrected chi connectivity index (χ4v) is 2.09. The van der Waals surface area contributed by atoms with Crippen LogP contribution in [0.15, 0.2) is 18.2 Å². The van der Waals surface area contributed by atoms with E-state index in [2.05, 4.69) is 25.2 Å². The second kappa shape index (κ2) is 6.95. The Hall–Kier alpha value is -1.81. The number of rotatable bonds is 6. The highest BCUT2D eigenvalue weighted by Gasteiger charge is 2.09. The van der Waals surface area contributed by atoms with Gasteiger partial charge in [-0.25, -0.2) is 4.79 Å². The van der Waals surface area contributed by atoms with Crippen molar-refractivity contribution < 1.29 is 14.6 Å². The molecule has 4 nitrogen and oxygen atoms in total. The van der Waals surface area contributed by atoms with Gasteiger partial charge in [0, 0.05) is 19.2 Å². The summed E-state index contributed by atoms with van der Waals surface area (Å²) in [5, 5.41) is 11.7. The molecular weight excluding hydrogens is 242 g/mol. The number of methoxy groups -OCH3 is 1. The smallest absolute Gasteiger partial charge is 0.328 e. The number of hydrogen-bond donors (Lipinski definition) is 2. The molecule has 104 valence electrons. The highest BCUT2D eigenvalue weighted by molar-refractivity contribution is 5.79. The Morgan fingerprint density at radius 2 is 2.05 bits per heavy atom. The Balaban J connectivity index is 2.72. The number of benzene rings is 1. The van der Waals surface area contributed by atoms with E-state index in [-0.39, 0.29) is 0 Å². The molecule has 0 amide bonds. The molecule has 0 aliphatic heterocycles. The summed E-state index contributed by atoms with van der Waals surface area (Å²) in [5.74, 6) is 0.0149. The molecule has 2 N–H and O–H groups in total. The molecule has 0 unspecified atom stereocenters. The molecule has 0 saturated heterocycles. The van der Waals surface area contributed by atoms with Crippen molar-refractivity contribution in [1.29, 1.82) is 0 Å². The van der Waals surface area contributed by atoms with Crippen LogP contribution in [0.4, 0.5) is 0 Å². The quantitative estimate of drug-likeness (QED) is 0.611. The number of nitrogens with one attached hydrogen (secondary N) is 1. The molecule has 0 radical (unpaired) electrons. The van der Waals surface area contributed by atoms with Gasteiger partial charge in [0.15, 0.2) is 0 Å². The van der Waals surface area contributed by atoms with E-state index >= 15 is 0 Å². The van der Waals surface area contributed by atoms with E-state index in [1.165, 1.54) is 11.1 Å². The highest BCUT2D eigenvalue weighted by atomic mass is 16.5. The monoisotopic (exact) mass is 263 g/mol. The lowest BCUT2D eigenvalue weighted by molar-refractivity contribution is -0.131. The van der Waals surface area contributed by atoms with Gasteiger partial charge in [0.1, 0.15) is 5.75 Å². The minimum Gasteiger partial charge on any atom is -0.496 e. The summed E-state index contributed by atoms with van der Waals surface area (Å²) in [6.07, 6.45) is 2.74. The van der Waals surface area contributed by atoms with Gasteiger partial charge in [-0.2, -0.15) is 0 Å². The average molecular weight is 263 g/mol. The predicted molar refractivity (Wildman–Crippen MR) is 75.7 cm³/mol. The van der Waals surface area contributed by atoms with Crippen LogP contribution in [0.1, 0.15) is 22.3 Å². The molecule has 0 aliphatic carbocycles. The largest absolute Gasteiger partial charge is 0.496 e. The fourth-order valence-electron chi connectivity index (χ4n) is 2.09. The number of carboxylic acid groups (broad SMARTS) is 1. The zero-order valence-electron chi connectivity index (χ0n) is 11.9. The summed E-state index contributed by atoms with van der Waals surface area (Å²) >= 11 is 0. The van der Waals surface area contributed by atoms with E-state index in [0.717, 1.165) is 23.0 Å². The Morgan fingerprint density at radius 3 is 2.63 bits per heavy atom. The van der Waals surface area contributed by atoms with Gasteiger partial charge in [-0.1, -0.05) is 12.1 Å². The molecule has 19 heavy (non-hydrogen) atoms. The number of hydrogen-bond acceptors (Lipinski definition) is 3. The number of carboxylic acids is 1. The SMILES string of the molecule is COc1c(C)cc(CNC/C=C/C(=O)O)c(C)c1C. The van der Waals surface area contributed by atoms with Crippen LogP contribution in [0.5, 0.6) is 5.75 Å². The third-order valence-corrected chi connectivity index (χ3v) is 3.18. The second-order valence-electron chi connectivity index (χ2n) is 4.51. The van der Waals surface area contributed by atoms with E-state index in [1.807, 2.05) is 6.92 Å². The van der Waals surface area contributed by atoms with Crippen molar-refractivity contribution in [1.82, 2.24) is 5.32 Å². The van der Waals surface area contributed by atoms with Crippen molar-refractivity contribution in [2.24, 2.45) is 0 Å². The first-order valence-electron chi connectivity index (χ1n) is 6.21. The number of aryl methyl sites for hydroxylation is 1. The van der Waals surface area contributed by atoms with E-state index in [1.54, 1.807) is 13.2 Å². The molecule has 0 aromatic heterocycles. The zero-order chi connectivity index (χ0) is 14.4. The molecule has 1 aromatic carbocycles. The van der Waals surface area contributed by atoms with Crippen LogP contribution in [0.3, 0.4) is 0 Å². The molecule has 0 saturated carbocycles. The molecule has 0 heterocycles. The summed E-state index contributed by atoms with van der Waals surface area (Å²) < 4.78 is 5.38. The lowest BCUT2D eigenvalue weighted by Gasteiger charge is -2.15. The molecule has 0 bridgehead atoms. The zero-order valence-corrected chi connectivity index (χ0v) is 11.9. The Labute approximate surface area is 114 Å². The van der Waals surface area contributed by atoms with Crippen LogP contribution in [0, 0.1) is 20.8 Å². The topological polar surface area (TPSA) is 58.6 Å². The van der Waals surface area contributed by atoms with Crippen LogP contribution in [0.25, 0.3) is 0 Å². The standard InChI is InChI=1S/C15H21NO3/c1-10-8-13(9-16-7-5-6-14(17)18)11(2)12(3)15(10)19-4/h5-6,8,16H,7,9H2,1-4H3,(H,17,18)/b6-5+. The Kier molecular flexibility index (Phi) is 5.57. The number of ether oxygens (including phenoxy) is 1. The minimum atomic E-state index is -0.922. The molecule has 1 rings (SSSR count). The third-order valence-electron chi connectivity index (χ3n) is 3.18. The van der Waals surface area contributed by atoms with Crippen LogP contribution in [0.2, 0.25) is 0 Å². The maximum atomic E-state index is 10.3. The molecule has 0 atom stereocenters. The average Bonchev–Trinajstić information content (AvgIpc) is 2.35. The van der Waals surface area contributed by atoms with Gasteiger partial charge < -0.3 is 15.2 Å². The molecule has 1 aromatic rings. The fraction of sp³-hybridized carbons (Fsp3) is 0.400. The van der Waals surface area contributed by atoms with Crippen molar-refractivity contribution in [3.8, 4) is 5.75 Å². The maximum Gasteiger partial charge on any atom is 0.328 e. The summed E-state index contributed by atoms with van der Waals surface area (Å²) in [4.78, 5) is 10.3. The highest BCUT2D eigenvalue weighted by Crippen LogP contribution is 2.28. The third kappa shape index (κ3) is 4.10. The molecule has 4 heteroatoms. The Morgan fingerprint density at radius 1 is 1.37 bits per heavy atom. The van der Waals surface area contributed by atoms with Gasteiger partial charge >= 0.3 is 5.97 Å². The number of aliphatic carboxylic acids is 1.